The lowest BCUT2D eigenvalue weighted by atomic mass is 10.0. The second kappa shape index (κ2) is 8.82. The number of nitrogens with zero attached hydrogens (tertiary/aromatic N) is 2. The van der Waals surface area contributed by atoms with Gasteiger partial charge in [-0.1, -0.05) is 62.0 Å². The predicted molar refractivity (Wildman–Crippen MR) is 109 cm³/mol. The topological polar surface area (TPSA) is 54.9 Å². The van der Waals surface area contributed by atoms with Gasteiger partial charge in [0.15, 0.2) is 0 Å². The van der Waals surface area contributed by atoms with E-state index >= 15 is 0 Å². The van der Waals surface area contributed by atoms with Gasteiger partial charge in [0.05, 0.1) is 11.3 Å². The summed E-state index contributed by atoms with van der Waals surface area (Å²) in [5.41, 5.74) is 3.03. The zero-order valence-electron chi connectivity index (χ0n) is 16.0. The number of rotatable bonds is 6. The first-order chi connectivity index (χ1) is 13.8. The number of aryl methyl sites for hydroxylation is 2. The van der Waals surface area contributed by atoms with Crippen LogP contribution in [0.3, 0.4) is 0 Å². The van der Waals surface area contributed by atoms with Crippen LogP contribution in [0.5, 0.6) is 0 Å². The minimum Gasteiger partial charge on any atom is -0.325 e. The number of halogens is 3. The number of hydrogen-bond acceptors (Lipinski definition) is 4. The minimum atomic E-state index is -4.66. The van der Waals surface area contributed by atoms with Crippen molar-refractivity contribution in [1.29, 1.82) is 0 Å². The summed E-state index contributed by atoms with van der Waals surface area (Å²) in [4.78, 5) is 19.8. The van der Waals surface area contributed by atoms with Crippen molar-refractivity contribution in [2.75, 3.05) is 11.1 Å². The maximum Gasteiger partial charge on any atom is 0.451 e. The summed E-state index contributed by atoms with van der Waals surface area (Å²) in [5.74, 6) is -1.55. The molecule has 1 amide bonds. The van der Waals surface area contributed by atoms with Crippen molar-refractivity contribution in [3.05, 3.63) is 59.4 Å². The maximum atomic E-state index is 13.1. The Balaban J connectivity index is 1.83. The first kappa shape index (κ1) is 21.1. The van der Waals surface area contributed by atoms with E-state index in [0.717, 1.165) is 41.4 Å². The van der Waals surface area contributed by atoms with E-state index in [-0.39, 0.29) is 22.2 Å². The Hall–Kier alpha value is -2.61. The number of nitrogens with one attached hydrogen (secondary N) is 1. The van der Waals surface area contributed by atoms with Gasteiger partial charge in [0.1, 0.15) is 5.03 Å². The molecule has 1 N–H and O–H groups in total. The first-order valence-electron chi connectivity index (χ1n) is 9.20. The highest BCUT2D eigenvalue weighted by Gasteiger charge is 2.35. The molecule has 0 unspecified atom stereocenters. The monoisotopic (exact) mass is 419 g/mol. The third kappa shape index (κ3) is 4.87. The second-order valence-electron chi connectivity index (χ2n) is 6.36. The lowest BCUT2D eigenvalue weighted by Crippen LogP contribution is -2.17. The zero-order chi connectivity index (χ0) is 21.0. The molecule has 3 rings (SSSR count). The van der Waals surface area contributed by atoms with E-state index in [1.807, 2.05) is 32.0 Å². The fraction of sp³-hybridized carbons (Fsp3) is 0.286. The van der Waals surface area contributed by atoms with Crippen molar-refractivity contribution in [3.8, 4) is 0 Å². The van der Waals surface area contributed by atoms with E-state index in [1.54, 1.807) is 18.2 Å². The van der Waals surface area contributed by atoms with Gasteiger partial charge in [0, 0.05) is 11.1 Å². The summed E-state index contributed by atoms with van der Waals surface area (Å²) < 4.78 is 39.4. The zero-order valence-corrected chi connectivity index (χ0v) is 16.8. The lowest BCUT2D eigenvalue weighted by molar-refractivity contribution is -0.145. The quantitative estimate of drug-likeness (QED) is 0.423. The number of thioether (sulfide) groups is 1. The van der Waals surface area contributed by atoms with Gasteiger partial charge < -0.3 is 5.32 Å². The van der Waals surface area contributed by atoms with Gasteiger partial charge in [0.2, 0.25) is 11.7 Å². The van der Waals surface area contributed by atoms with E-state index in [9.17, 15) is 18.0 Å². The summed E-state index contributed by atoms with van der Waals surface area (Å²) in [6.45, 7) is 4.01. The SMILES string of the molecule is CCc1cccc(CC)c1NC(=O)CSc1nc(C(F)(F)F)nc2ccccc12. The van der Waals surface area contributed by atoms with Crippen LogP contribution in [-0.4, -0.2) is 21.6 Å². The smallest absolute Gasteiger partial charge is 0.325 e. The van der Waals surface area contributed by atoms with E-state index in [0.29, 0.717) is 5.39 Å². The van der Waals surface area contributed by atoms with Gasteiger partial charge in [-0.15, -0.1) is 0 Å². The van der Waals surface area contributed by atoms with Crippen molar-refractivity contribution >= 4 is 34.3 Å². The number of aromatic nitrogens is 2. The third-order valence-corrected chi connectivity index (χ3v) is 5.42. The van der Waals surface area contributed by atoms with E-state index in [4.69, 9.17) is 0 Å². The largest absolute Gasteiger partial charge is 0.451 e. The predicted octanol–water partition coefficient (Wildman–Crippen LogP) is 5.50. The standard InChI is InChI=1S/C21H20F3N3OS/c1-3-13-8-7-9-14(4-2)18(13)26-17(28)12-29-19-15-10-5-6-11-16(15)25-20(27-19)21(22,23)24/h5-11H,3-4,12H2,1-2H3,(H,26,28). The fourth-order valence-corrected chi connectivity index (χ4v) is 3.82. The second-order valence-corrected chi connectivity index (χ2v) is 7.33. The molecule has 4 nitrogen and oxygen atoms in total. The van der Waals surface area contributed by atoms with Crippen LogP contribution in [0.4, 0.5) is 18.9 Å². The molecule has 1 aromatic heterocycles. The Kier molecular flexibility index (Phi) is 6.42. The van der Waals surface area contributed by atoms with Crippen molar-refractivity contribution in [2.24, 2.45) is 0 Å². The van der Waals surface area contributed by atoms with Crippen LogP contribution in [0.15, 0.2) is 47.5 Å². The molecule has 3 aromatic rings. The van der Waals surface area contributed by atoms with Crippen LogP contribution in [0.2, 0.25) is 0 Å². The van der Waals surface area contributed by atoms with Gasteiger partial charge in [-0.3, -0.25) is 4.79 Å². The van der Waals surface area contributed by atoms with E-state index in [2.05, 4.69) is 15.3 Å². The molecule has 2 aromatic carbocycles. The Morgan fingerprint density at radius 3 is 2.28 bits per heavy atom. The van der Waals surface area contributed by atoms with Crippen molar-refractivity contribution in [1.82, 2.24) is 9.97 Å². The number of para-hydroxylation sites is 2. The Morgan fingerprint density at radius 1 is 1.00 bits per heavy atom. The number of anilines is 1. The van der Waals surface area contributed by atoms with Crippen molar-refractivity contribution in [2.45, 2.75) is 37.9 Å². The third-order valence-electron chi connectivity index (χ3n) is 4.43. The molecular formula is C21H20F3N3OS. The molecule has 0 saturated carbocycles. The summed E-state index contributed by atoms with van der Waals surface area (Å²) in [6, 6.07) is 12.3. The molecule has 0 aliphatic rings. The highest BCUT2D eigenvalue weighted by Crippen LogP contribution is 2.32. The number of alkyl halides is 3. The normalized spacial score (nSPS) is 11.6. The fourth-order valence-electron chi connectivity index (χ4n) is 3.00. The number of carbonyl (C=O) groups excluding carboxylic acids is 1. The number of carbonyl (C=O) groups is 1. The number of benzene rings is 2. The molecule has 0 saturated heterocycles. The van der Waals surface area contributed by atoms with Crippen LogP contribution in [0.25, 0.3) is 10.9 Å². The Labute approximate surface area is 170 Å². The summed E-state index contributed by atoms with van der Waals surface area (Å²) >= 11 is 0.971. The number of fused-ring (bicyclic) bond motifs is 1. The first-order valence-corrected chi connectivity index (χ1v) is 10.2. The van der Waals surface area contributed by atoms with Crippen molar-refractivity contribution in [3.63, 3.8) is 0 Å². The van der Waals surface area contributed by atoms with Gasteiger partial charge in [0.25, 0.3) is 0 Å². The molecule has 0 radical (unpaired) electrons. The molecule has 0 aliphatic heterocycles. The molecule has 29 heavy (non-hydrogen) atoms. The molecule has 8 heteroatoms. The molecule has 0 bridgehead atoms. The van der Waals surface area contributed by atoms with Gasteiger partial charge in [-0.05, 0) is 30.0 Å². The van der Waals surface area contributed by atoms with Crippen LogP contribution in [0.1, 0.15) is 30.8 Å². The number of hydrogen-bond donors (Lipinski definition) is 1. The van der Waals surface area contributed by atoms with Crippen LogP contribution in [-0.2, 0) is 23.8 Å². The van der Waals surface area contributed by atoms with E-state index < -0.39 is 12.0 Å². The van der Waals surface area contributed by atoms with Crippen LogP contribution >= 0.6 is 11.8 Å². The molecular weight excluding hydrogens is 399 g/mol. The molecule has 1 heterocycles. The average Bonchev–Trinajstić information content (AvgIpc) is 2.71. The molecule has 0 atom stereocenters. The summed E-state index contributed by atoms with van der Waals surface area (Å²) in [5, 5.41) is 3.54. The highest BCUT2D eigenvalue weighted by molar-refractivity contribution is 8.00. The summed E-state index contributed by atoms with van der Waals surface area (Å²) in [7, 11) is 0. The van der Waals surface area contributed by atoms with Crippen molar-refractivity contribution < 1.29 is 18.0 Å². The summed E-state index contributed by atoms with van der Waals surface area (Å²) in [6.07, 6.45) is -3.12. The Bertz CT molecular complexity index is 1020. The average molecular weight is 419 g/mol. The van der Waals surface area contributed by atoms with Gasteiger partial charge >= 0.3 is 6.18 Å². The van der Waals surface area contributed by atoms with Gasteiger partial charge in [-0.25, -0.2) is 9.97 Å². The molecule has 0 fully saturated rings. The Morgan fingerprint density at radius 2 is 1.66 bits per heavy atom. The molecule has 152 valence electrons. The molecule has 0 aliphatic carbocycles. The van der Waals surface area contributed by atoms with Crippen LogP contribution < -0.4 is 5.32 Å². The lowest BCUT2D eigenvalue weighted by Gasteiger charge is -2.14. The molecule has 0 spiro atoms. The highest BCUT2D eigenvalue weighted by atomic mass is 32.2. The maximum absolute atomic E-state index is 13.1. The van der Waals surface area contributed by atoms with Crippen LogP contribution in [0, 0.1) is 0 Å². The van der Waals surface area contributed by atoms with Gasteiger partial charge in [-0.2, -0.15) is 13.2 Å². The number of amides is 1. The van der Waals surface area contributed by atoms with E-state index in [1.165, 1.54) is 6.07 Å². The minimum absolute atomic E-state index is 0.0560.